The summed E-state index contributed by atoms with van der Waals surface area (Å²) < 4.78 is 1.11. The number of aliphatic hydroxyl groups excluding tert-OH is 2. The standard InChI is InChI=1S/C16H30N2O3/c19-11-3-1-5-16(21)17-15-13-18(8-2-4-12-20)9-6-14(15)7-10-18/h14-15,19-20H,1-13H2. The van der Waals surface area contributed by atoms with E-state index >= 15 is 0 Å². The number of nitrogens with zero attached hydrogens (tertiary/aromatic N) is 2. The van der Waals surface area contributed by atoms with E-state index in [-0.39, 0.29) is 25.2 Å². The molecule has 3 aliphatic rings. The van der Waals surface area contributed by atoms with E-state index in [9.17, 15) is 5.11 Å². The zero-order valence-corrected chi connectivity index (χ0v) is 13.0. The Labute approximate surface area is 127 Å². The highest BCUT2D eigenvalue weighted by Gasteiger charge is 2.45. The Balaban J connectivity index is 1.88. The molecule has 0 aromatic heterocycles. The van der Waals surface area contributed by atoms with Crippen molar-refractivity contribution in [3.05, 3.63) is 0 Å². The van der Waals surface area contributed by atoms with E-state index < -0.39 is 0 Å². The van der Waals surface area contributed by atoms with Crippen molar-refractivity contribution in [2.75, 3.05) is 39.4 Å². The predicted molar refractivity (Wildman–Crippen MR) is 80.9 cm³/mol. The Morgan fingerprint density at radius 2 is 1.71 bits per heavy atom. The molecule has 0 saturated carbocycles. The van der Waals surface area contributed by atoms with Crippen LogP contribution in [0.3, 0.4) is 0 Å². The number of aliphatic imine (C=N–C) groups is 1. The first-order valence-electron chi connectivity index (χ1n) is 8.49. The molecule has 122 valence electrons. The molecule has 3 aliphatic heterocycles. The molecule has 0 radical (unpaired) electrons. The lowest BCUT2D eigenvalue weighted by Crippen LogP contribution is -2.63. The van der Waals surface area contributed by atoms with Crippen LogP contribution in [-0.2, 0) is 0 Å². The van der Waals surface area contributed by atoms with Crippen molar-refractivity contribution in [3.63, 3.8) is 0 Å². The fraction of sp³-hybridized carbons (Fsp3) is 0.938. The molecule has 0 spiro atoms. The van der Waals surface area contributed by atoms with E-state index in [2.05, 4.69) is 4.99 Å². The van der Waals surface area contributed by atoms with Crippen molar-refractivity contribution in [2.45, 2.75) is 51.0 Å². The molecule has 3 rings (SSSR count). The van der Waals surface area contributed by atoms with Crippen molar-refractivity contribution < 1.29 is 19.8 Å². The van der Waals surface area contributed by atoms with Gasteiger partial charge in [0.05, 0.1) is 19.6 Å². The van der Waals surface area contributed by atoms with Gasteiger partial charge in [-0.3, -0.25) is 4.99 Å². The molecule has 3 fully saturated rings. The van der Waals surface area contributed by atoms with Gasteiger partial charge in [-0.25, -0.2) is 0 Å². The lowest BCUT2D eigenvalue weighted by Gasteiger charge is -2.52. The second kappa shape index (κ2) is 8.11. The number of unbranched alkanes of at least 4 members (excludes halogenated alkanes) is 2. The third kappa shape index (κ3) is 4.66. The molecule has 3 saturated heterocycles. The maximum Gasteiger partial charge on any atom is 0.102 e. The summed E-state index contributed by atoms with van der Waals surface area (Å²) in [5.41, 5.74) is 0. The molecule has 1 unspecified atom stereocenters. The topological polar surface area (TPSA) is 75.9 Å². The second-order valence-corrected chi connectivity index (χ2v) is 6.73. The van der Waals surface area contributed by atoms with Crippen LogP contribution in [0.15, 0.2) is 4.99 Å². The van der Waals surface area contributed by atoms with E-state index in [0.29, 0.717) is 18.8 Å². The van der Waals surface area contributed by atoms with Crippen LogP contribution in [0.5, 0.6) is 0 Å². The zero-order valence-electron chi connectivity index (χ0n) is 13.0. The van der Waals surface area contributed by atoms with Gasteiger partial charge in [0, 0.05) is 26.1 Å². The Kier molecular flexibility index (Phi) is 6.45. The molecule has 0 amide bonds. The summed E-state index contributed by atoms with van der Waals surface area (Å²) in [5, 5.41) is 29.6. The van der Waals surface area contributed by atoms with Crippen LogP contribution in [-0.4, -0.2) is 66.0 Å². The fourth-order valence-electron chi connectivity index (χ4n) is 3.91. The molecule has 2 N–H and O–H groups in total. The summed E-state index contributed by atoms with van der Waals surface area (Å²) in [7, 11) is 0. The summed E-state index contributed by atoms with van der Waals surface area (Å²) in [5.74, 6) is 0.625. The van der Waals surface area contributed by atoms with E-state index in [0.717, 1.165) is 36.8 Å². The molecule has 5 heteroatoms. The number of piperidine rings is 3. The molecule has 2 bridgehead atoms. The van der Waals surface area contributed by atoms with Gasteiger partial charge in [0.2, 0.25) is 0 Å². The monoisotopic (exact) mass is 298 g/mol. The highest BCUT2D eigenvalue weighted by Crippen LogP contribution is 2.36. The Hall–Kier alpha value is -0.650. The molecule has 5 nitrogen and oxygen atoms in total. The van der Waals surface area contributed by atoms with Crippen LogP contribution in [0.1, 0.15) is 44.9 Å². The summed E-state index contributed by atoms with van der Waals surface area (Å²) in [6, 6.07) is 0.211. The van der Waals surface area contributed by atoms with Gasteiger partial charge in [-0.05, 0) is 43.9 Å². The molecule has 0 aromatic rings. The van der Waals surface area contributed by atoms with Gasteiger partial charge < -0.3 is 19.8 Å². The van der Waals surface area contributed by atoms with Gasteiger partial charge in [-0.15, -0.1) is 0 Å². The van der Waals surface area contributed by atoms with E-state index in [4.69, 9.17) is 10.2 Å². The number of quaternary nitrogens is 1. The molecule has 0 aliphatic carbocycles. The van der Waals surface area contributed by atoms with Crippen LogP contribution in [0.4, 0.5) is 0 Å². The van der Waals surface area contributed by atoms with E-state index in [1.807, 2.05) is 0 Å². The van der Waals surface area contributed by atoms with Gasteiger partial charge in [-0.2, -0.15) is 0 Å². The maximum atomic E-state index is 11.9. The van der Waals surface area contributed by atoms with Crippen molar-refractivity contribution in [2.24, 2.45) is 10.9 Å². The fourth-order valence-corrected chi connectivity index (χ4v) is 3.91. The third-order valence-electron chi connectivity index (χ3n) is 5.22. The summed E-state index contributed by atoms with van der Waals surface area (Å²) in [6.07, 6.45) is 6.25. The molecule has 21 heavy (non-hydrogen) atoms. The van der Waals surface area contributed by atoms with Crippen LogP contribution >= 0.6 is 0 Å². The number of hydrogen-bond acceptors (Lipinski definition) is 4. The molecular weight excluding hydrogens is 268 g/mol. The Morgan fingerprint density at radius 3 is 2.38 bits per heavy atom. The Morgan fingerprint density at radius 1 is 1.05 bits per heavy atom. The van der Waals surface area contributed by atoms with E-state index in [1.165, 1.54) is 25.9 Å². The lowest BCUT2D eigenvalue weighted by atomic mass is 9.81. The van der Waals surface area contributed by atoms with Gasteiger partial charge in [0.25, 0.3) is 0 Å². The summed E-state index contributed by atoms with van der Waals surface area (Å²) >= 11 is 0. The normalized spacial score (nSPS) is 32.6. The van der Waals surface area contributed by atoms with Crippen molar-refractivity contribution in [1.82, 2.24) is 0 Å². The quantitative estimate of drug-likeness (QED) is 0.278. The maximum absolute atomic E-state index is 11.9. The number of hydrogen-bond donors (Lipinski definition) is 2. The van der Waals surface area contributed by atoms with Crippen LogP contribution < -0.4 is 5.11 Å². The average molecular weight is 298 g/mol. The second-order valence-electron chi connectivity index (χ2n) is 6.73. The first-order chi connectivity index (χ1) is 10.2. The summed E-state index contributed by atoms with van der Waals surface area (Å²) in [6.45, 7) is 5.02. The first-order valence-corrected chi connectivity index (χ1v) is 8.49. The Bertz CT molecular complexity index is 338. The van der Waals surface area contributed by atoms with Gasteiger partial charge >= 0.3 is 0 Å². The van der Waals surface area contributed by atoms with Gasteiger partial charge in [0.15, 0.2) is 0 Å². The zero-order chi connectivity index (χ0) is 15.1. The van der Waals surface area contributed by atoms with Crippen molar-refractivity contribution >= 4 is 5.90 Å². The minimum Gasteiger partial charge on any atom is -0.862 e. The van der Waals surface area contributed by atoms with Crippen LogP contribution in [0, 0.1) is 5.92 Å². The highest BCUT2D eigenvalue weighted by atomic mass is 16.3. The summed E-state index contributed by atoms with van der Waals surface area (Å²) in [4.78, 5) is 4.48. The van der Waals surface area contributed by atoms with Crippen LogP contribution in [0.2, 0.25) is 0 Å². The lowest BCUT2D eigenvalue weighted by molar-refractivity contribution is -0.943. The average Bonchev–Trinajstić information content (AvgIpc) is 2.49. The highest BCUT2D eigenvalue weighted by molar-refractivity contribution is 5.71. The van der Waals surface area contributed by atoms with Gasteiger partial charge in [-0.1, -0.05) is 0 Å². The number of fused-ring (bicyclic) bond motifs is 3. The molecule has 3 heterocycles. The van der Waals surface area contributed by atoms with Crippen molar-refractivity contribution in [1.29, 1.82) is 0 Å². The molecular formula is C16H30N2O3. The minimum atomic E-state index is 0.0238. The predicted octanol–water partition coefficient (Wildman–Crippen LogP) is 0.289. The first kappa shape index (κ1) is 16.7. The SMILES string of the molecule is [O-]C(CCCCO)=NC1C[N+]2(CCCCO)CCC1CC2. The smallest absolute Gasteiger partial charge is 0.102 e. The molecule has 0 aromatic carbocycles. The number of rotatable bonds is 9. The van der Waals surface area contributed by atoms with Crippen molar-refractivity contribution in [3.8, 4) is 0 Å². The largest absolute Gasteiger partial charge is 0.862 e. The number of aliphatic hydroxyl groups is 2. The van der Waals surface area contributed by atoms with Gasteiger partial charge in [0.1, 0.15) is 12.6 Å². The van der Waals surface area contributed by atoms with Crippen LogP contribution in [0.25, 0.3) is 0 Å². The minimum absolute atomic E-state index is 0.0238. The molecule has 1 atom stereocenters. The van der Waals surface area contributed by atoms with E-state index in [1.54, 1.807) is 0 Å². The third-order valence-corrected chi connectivity index (χ3v) is 5.22.